The summed E-state index contributed by atoms with van der Waals surface area (Å²) < 4.78 is 40.2. The van der Waals surface area contributed by atoms with Crippen LogP contribution in [-0.4, -0.2) is 87.8 Å². The van der Waals surface area contributed by atoms with Crippen LogP contribution in [-0.2, 0) is 11.2 Å². The molecule has 3 aliphatic rings. The molecule has 13 heteroatoms. The number of nitrogens with zero attached hydrogens (tertiary/aromatic N) is 5. The SMILES string of the molecule is O=C(c1nn(-c2ccc(Cl)cc2Cl)c2c1CCCC2=Cc1ccc(Cl)cc1)N1CC(N2CCN(C(=O)C(F)(F)F)CC2)C1. The number of likely N-dealkylation sites (tertiary alicyclic amines) is 1. The van der Waals surface area contributed by atoms with Crippen LogP contribution < -0.4 is 0 Å². The zero-order valence-corrected chi connectivity index (χ0v) is 25.1. The number of aromatic nitrogens is 2. The number of amides is 2. The Bertz CT molecular complexity index is 1590. The van der Waals surface area contributed by atoms with Gasteiger partial charge < -0.3 is 9.80 Å². The van der Waals surface area contributed by atoms with Crippen molar-refractivity contribution in [1.82, 2.24) is 24.5 Å². The number of allylic oxidation sites excluding steroid dienone is 1. The molecule has 1 aromatic heterocycles. The summed E-state index contributed by atoms with van der Waals surface area (Å²) in [6.07, 6.45) is -0.491. The van der Waals surface area contributed by atoms with Gasteiger partial charge in [-0.05, 0) is 66.8 Å². The topological polar surface area (TPSA) is 61.7 Å². The summed E-state index contributed by atoms with van der Waals surface area (Å²) in [6, 6.07) is 12.7. The molecule has 2 amide bonds. The second kappa shape index (κ2) is 11.8. The van der Waals surface area contributed by atoms with Gasteiger partial charge in [-0.25, -0.2) is 4.68 Å². The highest BCUT2D eigenvalue weighted by Gasteiger charge is 2.45. The van der Waals surface area contributed by atoms with Gasteiger partial charge in [0.15, 0.2) is 5.69 Å². The lowest BCUT2D eigenvalue weighted by molar-refractivity contribution is -0.187. The standard InChI is InChI=1S/C30H27Cl3F3N5O2/c31-20-6-4-18(5-7-20)14-19-2-1-3-23-26(37-41(27(19)23)25-9-8-21(32)15-24(25)33)28(42)40-16-22(17-40)38-10-12-39(13-11-38)29(43)30(34,35)36/h4-9,14-15,22H,1-3,10-13,16-17H2. The summed E-state index contributed by atoms with van der Waals surface area (Å²) in [5, 5.41) is 6.35. The molecule has 0 unspecified atom stereocenters. The minimum Gasteiger partial charge on any atom is -0.334 e. The van der Waals surface area contributed by atoms with E-state index in [0.717, 1.165) is 40.1 Å². The summed E-state index contributed by atoms with van der Waals surface area (Å²) in [5.41, 5.74) is 4.65. The van der Waals surface area contributed by atoms with Crippen molar-refractivity contribution in [2.45, 2.75) is 31.5 Å². The van der Waals surface area contributed by atoms with Crippen LogP contribution in [0.4, 0.5) is 13.2 Å². The van der Waals surface area contributed by atoms with E-state index >= 15 is 0 Å². The molecule has 0 saturated carbocycles. The molecular formula is C30H27Cl3F3N5O2. The summed E-state index contributed by atoms with van der Waals surface area (Å²) >= 11 is 18.9. The number of hydrogen-bond acceptors (Lipinski definition) is 4. The van der Waals surface area contributed by atoms with Crippen LogP contribution >= 0.6 is 34.8 Å². The van der Waals surface area contributed by atoms with Crippen molar-refractivity contribution >= 4 is 58.3 Å². The first-order chi connectivity index (χ1) is 20.5. The zero-order chi connectivity index (χ0) is 30.5. The van der Waals surface area contributed by atoms with E-state index in [0.29, 0.717) is 59.0 Å². The Kier molecular flexibility index (Phi) is 8.23. The Balaban J connectivity index is 1.25. The summed E-state index contributed by atoms with van der Waals surface area (Å²) in [4.78, 5) is 30.0. The average molecular weight is 653 g/mol. The number of benzene rings is 2. The number of alkyl halides is 3. The zero-order valence-electron chi connectivity index (χ0n) is 22.9. The highest BCUT2D eigenvalue weighted by molar-refractivity contribution is 6.35. The van der Waals surface area contributed by atoms with Gasteiger partial charge in [0.2, 0.25) is 0 Å². The molecule has 2 aromatic carbocycles. The van der Waals surface area contributed by atoms with E-state index < -0.39 is 12.1 Å². The Hall–Kier alpha value is -3.05. The van der Waals surface area contributed by atoms with E-state index in [2.05, 4.69) is 6.08 Å². The first-order valence-corrected chi connectivity index (χ1v) is 15.1. The first kappa shape index (κ1) is 30.0. The van der Waals surface area contributed by atoms with Crippen LogP contribution in [0.2, 0.25) is 15.1 Å². The number of halogens is 6. The highest BCUT2D eigenvalue weighted by Crippen LogP contribution is 2.38. The van der Waals surface area contributed by atoms with Gasteiger partial charge in [0.05, 0.1) is 16.4 Å². The third-order valence-corrected chi connectivity index (χ3v) is 9.01. The fourth-order valence-corrected chi connectivity index (χ4v) is 6.58. The number of piperazine rings is 1. The minimum atomic E-state index is -4.87. The molecule has 2 fully saturated rings. The normalized spacial score (nSPS) is 19.0. The van der Waals surface area contributed by atoms with Crippen LogP contribution in [0.5, 0.6) is 0 Å². The summed E-state index contributed by atoms with van der Waals surface area (Å²) in [6.45, 7) is 1.53. The fourth-order valence-electron chi connectivity index (χ4n) is 5.96. The van der Waals surface area contributed by atoms with E-state index in [1.54, 1.807) is 27.8 Å². The number of rotatable bonds is 4. The predicted molar refractivity (Wildman–Crippen MR) is 160 cm³/mol. The van der Waals surface area contributed by atoms with E-state index in [1.807, 2.05) is 29.2 Å². The second-order valence-corrected chi connectivity index (χ2v) is 12.2. The summed E-state index contributed by atoms with van der Waals surface area (Å²) in [7, 11) is 0. The smallest absolute Gasteiger partial charge is 0.334 e. The van der Waals surface area contributed by atoms with Crippen molar-refractivity contribution in [3.8, 4) is 5.69 Å². The van der Waals surface area contributed by atoms with Gasteiger partial charge in [0.25, 0.3) is 5.91 Å². The van der Waals surface area contributed by atoms with Crippen LogP contribution in [0.1, 0.15) is 40.2 Å². The third-order valence-electron chi connectivity index (χ3n) is 8.22. The predicted octanol–water partition coefficient (Wildman–Crippen LogP) is 6.24. The number of fused-ring (bicyclic) bond motifs is 1. The van der Waals surface area contributed by atoms with Gasteiger partial charge in [-0.2, -0.15) is 18.3 Å². The van der Waals surface area contributed by atoms with E-state index in [-0.39, 0.29) is 25.0 Å². The van der Waals surface area contributed by atoms with Crippen molar-refractivity contribution in [2.24, 2.45) is 0 Å². The van der Waals surface area contributed by atoms with Gasteiger partial charge in [0.1, 0.15) is 0 Å². The fraction of sp³-hybridized carbons (Fsp3) is 0.367. The molecule has 0 atom stereocenters. The number of hydrogen-bond donors (Lipinski definition) is 0. The van der Waals surface area contributed by atoms with Crippen molar-refractivity contribution < 1.29 is 22.8 Å². The highest BCUT2D eigenvalue weighted by atomic mass is 35.5. The number of carbonyl (C=O) groups is 2. The molecule has 1 aliphatic carbocycles. The largest absolute Gasteiger partial charge is 0.471 e. The molecule has 2 aliphatic heterocycles. The molecule has 0 N–H and O–H groups in total. The van der Waals surface area contributed by atoms with Crippen molar-refractivity contribution in [2.75, 3.05) is 39.3 Å². The Morgan fingerprint density at radius 3 is 2.21 bits per heavy atom. The Morgan fingerprint density at radius 1 is 0.884 bits per heavy atom. The summed E-state index contributed by atoms with van der Waals surface area (Å²) in [5.74, 6) is -2.00. The van der Waals surface area contributed by atoms with E-state index in [1.165, 1.54) is 0 Å². The molecule has 7 nitrogen and oxygen atoms in total. The molecular weight excluding hydrogens is 626 g/mol. The maximum Gasteiger partial charge on any atom is 0.471 e. The van der Waals surface area contributed by atoms with Crippen LogP contribution in [0.15, 0.2) is 42.5 Å². The molecule has 2 saturated heterocycles. The lowest BCUT2D eigenvalue weighted by atomic mass is 9.89. The molecule has 43 heavy (non-hydrogen) atoms. The van der Waals surface area contributed by atoms with Gasteiger partial charge in [-0.15, -0.1) is 0 Å². The van der Waals surface area contributed by atoms with E-state index in [9.17, 15) is 22.8 Å². The van der Waals surface area contributed by atoms with Gasteiger partial charge in [-0.3, -0.25) is 14.5 Å². The van der Waals surface area contributed by atoms with E-state index in [4.69, 9.17) is 39.9 Å². The molecule has 3 aromatic rings. The Labute approximate surface area is 261 Å². The maximum absolute atomic E-state index is 13.8. The van der Waals surface area contributed by atoms with Gasteiger partial charge in [-0.1, -0.05) is 46.9 Å². The number of carbonyl (C=O) groups excluding carboxylic acids is 2. The first-order valence-electron chi connectivity index (χ1n) is 13.9. The van der Waals surface area contributed by atoms with Crippen LogP contribution in [0.25, 0.3) is 17.3 Å². The van der Waals surface area contributed by atoms with Gasteiger partial charge >= 0.3 is 12.1 Å². The van der Waals surface area contributed by atoms with Crippen molar-refractivity contribution in [3.05, 3.63) is 80.0 Å². The molecule has 226 valence electrons. The molecule has 6 rings (SSSR count). The third kappa shape index (κ3) is 6.02. The van der Waals surface area contributed by atoms with Gasteiger partial charge in [0, 0.05) is 60.9 Å². The average Bonchev–Trinajstić information content (AvgIpc) is 3.33. The lowest BCUT2D eigenvalue weighted by Gasteiger charge is -2.48. The Morgan fingerprint density at radius 2 is 1.56 bits per heavy atom. The molecule has 0 bridgehead atoms. The lowest BCUT2D eigenvalue weighted by Crippen LogP contribution is -2.65. The van der Waals surface area contributed by atoms with Crippen molar-refractivity contribution in [3.63, 3.8) is 0 Å². The quantitative estimate of drug-likeness (QED) is 0.335. The van der Waals surface area contributed by atoms with Crippen LogP contribution in [0, 0.1) is 0 Å². The van der Waals surface area contributed by atoms with Crippen LogP contribution in [0.3, 0.4) is 0 Å². The molecule has 3 heterocycles. The maximum atomic E-state index is 13.8. The monoisotopic (exact) mass is 651 g/mol. The minimum absolute atomic E-state index is 0.00524. The molecule has 0 radical (unpaired) electrons. The second-order valence-electron chi connectivity index (χ2n) is 10.9. The molecule has 0 spiro atoms. The van der Waals surface area contributed by atoms with Crippen molar-refractivity contribution in [1.29, 1.82) is 0 Å².